The Hall–Kier alpha value is -1.94. The van der Waals surface area contributed by atoms with Crippen molar-refractivity contribution in [2.75, 3.05) is 0 Å². The van der Waals surface area contributed by atoms with Crippen LogP contribution in [0.4, 0.5) is 8.78 Å². The third-order valence-corrected chi connectivity index (χ3v) is 3.35. The van der Waals surface area contributed by atoms with Gasteiger partial charge in [0.05, 0.1) is 6.10 Å². The predicted octanol–water partition coefficient (Wildman–Crippen LogP) is 4.13. The smallest absolute Gasteiger partial charge is 0.387 e. The first kappa shape index (κ1) is 15.4. The minimum Gasteiger partial charge on any atom is -0.435 e. The average molecular weight is 292 g/mol. The van der Waals surface area contributed by atoms with Crippen LogP contribution in [0.3, 0.4) is 0 Å². The molecule has 0 aliphatic carbocycles. The fourth-order valence-corrected chi connectivity index (χ4v) is 2.12. The van der Waals surface area contributed by atoms with Crippen LogP contribution in [-0.4, -0.2) is 11.7 Å². The van der Waals surface area contributed by atoms with Crippen LogP contribution < -0.4 is 4.74 Å². The first-order valence-corrected chi connectivity index (χ1v) is 6.89. The summed E-state index contributed by atoms with van der Waals surface area (Å²) in [5.41, 5.74) is 2.96. The number of halogens is 2. The van der Waals surface area contributed by atoms with E-state index < -0.39 is 12.7 Å². The molecule has 0 aliphatic rings. The number of aliphatic hydroxyl groups excluding tert-OH is 1. The molecule has 0 spiro atoms. The molecule has 2 aromatic rings. The van der Waals surface area contributed by atoms with Crippen LogP contribution in [0.1, 0.15) is 29.7 Å². The molecule has 0 amide bonds. The molecular weight excluding hydrogens is 274 g/mol. The van der Waals surface area contributed by atoms with Gasteiger partial charge in [0.1, 0.15) is 5.75 Å². The minimum absolute atomic E-state index is 0.0910. The number of aliphatic hydroxyl groups is 1. The van der Waals surface area contributed by atoms with Gasteiger partial charge < -0.3 is 9.84 Å². The number of alkyl halides is 2. The molecular formula is C17H18F2O2. The van der Waals surface area contributed by atoms with Crippen LogP contribution in [0.25, 0.3) is 0 Å². The van der Waals surface area contributed by atoms with Crippen molar-refractivity contribution in [2.24, 2.45) is 0 Å². The van der Waals surface area contributed by atoms with Gasteiger partial charge in [0.2, 0.25) is 0 Å². The summed E-state index contributed by atoms with van der Waals surface area (Å²) in [6.45, 7) is -0.745. The van der Waals surface area contributed by atoms with Crippen molar-refractivity contribution in [3.8, 4) is 5.75 Å². The van der Waals surface area contributed by atoms with Crippen LogP contribution in [-0.2, 0) is 12.8 Å². The SMILES string of the molecule is CCc1ccc(CC(O)c2ccc(OC(F)F)cc2)cc1. The van der Waals surface area contributed by atoms with Gasteiger partial charge in [-0.1, -0.05) is 43.3 Å². The summed E-state index contributed by atoms with van der Waals surface area (Å²) in [4.78, 5) is 0. The second kappa shape index (κ2) is 7.18. The maximum absolute atomic E-state index is 12.1. The summed E-state index contributed by atoms with van der Waals surface area (Å²) < 4.78 is 28.4. The van der Waals surface area contributed by atoms with Crippen molar-refractivity contribution < 1.29 is 18.6 Å². The third-order valence-electron chi connectivity index (χ3n) is 3.35. The maximum Gasteiger partial charge on any atom is 0.387 e. The molecule has 112 valence electrons. The van der Waals surface area contributed by atoms with E-state index in [1.807, 2.05) is 24.3 Å². The molecule has 2 aromatic carbocycles. The molecule has 2 nitrogen and oxygen atoms in total. The summed E-state index contributed by atoms with van der Waals surface area (Å²) >= 11 is 0. The molecule has 1 atom stereocenters. The van der Waals surface area contributed by atoms with E-state index >= 15 is 0 Å². The van der Waals surface area contributed by atoms with E-state index in [0.29, 0.717) is 12.0 Å². The number of hydrogen-bond acceptors (Lipinski definition) is 2. The van der Waals surface area contributed by atoms with Gasteiger partial charge in [0.25, 0.3) is 0 Å². The van der Waals surface area contributed by atoms with Gasteiger partial charge in [-0.2, -0.15) is 8.78 Å². The summed E-state index contributed by atoms with van der Waals surface area (Å²) in [5.74, 6) is 0.0910. The summed E-state index contributed by atoms with van der Waals surface area (Å²) in [6, 6.07) is 14.2. The monoisotopic (exact) mass is 292 g/mol. The van der Waals surface area contributed by atoms with Crippen molar-refractivity contribution in [1.29, 1.82) is 0 Å². The minimum atomic E-state index is -2.84. The van der Waals surface area contributed by atoms with Crippen LogP contribution in [0, 0.1) is 0 Å². The number of hydrogen-bond donors (Lipinski definition) is 1. The topological polar surface area (TPSA) is 29.5 Å². The van der Waals surface area contributed by atoms with E-state index in [9.17, 15) is 13.9 Å². The molecule has 0 heterocycles. The highest BCUT2D eigenvalue weighted by atomic mass is 19.3. The summed E-state index contributed by atoms with van der Waals surface area (Å²) in [7, 11) is 0. The van der Waals surface area contributed by atoms with Crippen LogP contribution in [0.15, 0.2) is 48.5 Å². The lowest BCUT2D eigenvalue weighted by molar-refractivity contribution is -0.0498. The number of ether oxygens (including phenoxy) is 1. The fraction of sp³-hybridized carbons (Fsp3) is 0.294. The van der Waals surface area contributed by atoms with Gasteiger partial charge in [0.15, 0.2) is 0 Å². The lowest BCUT2D eigenvalue weighted by Crippen LogP contribution is -2.04. The van der Waals surface area contributed by atoms with Crippen molar-refractivity contribution in [2.45, 2.75) is 32.5 Å². The Labute approximate surface area is 123 Å². The van der Waals surface area contributed by atoms with Gasteiger partial charge in [-0.25, -0.2) is 0 Å². The number of rotatable bonds is 6. The van der Waals surface area contributed by atoms with Gasteiger partial charge >= 0.3 is 6.61 Å². The van der Waals surface area contributed by atoms with Gasteiger partial charge in [0, 0.05) is 6.42 Å². The van der Waals surface area contributed by atoms with Crippen molar-refractivity contribution >= 4 is 0 Å². The number of benzene rings is 2. The van der Waals surface area contributed by atoms with Gasteiger partial charge in [-0.15, -0.1) is 0 Å². The zero-order valence-electron chi connectivity index (χ0n) is 11.8. The number of aryl methyl sites for hydroxylation is 1. The zero-order valence-corrected chi connectivity index (χ0v) is 11.8. The normalized spacial score (nSPS) is 12.4. The van der Waals surface area contributed by atoms with E-state index in [2.05, 4.69) is 11.7 Å². The van der Waals surface area contributed by atoms with Gasteiger partial charge in [-0.3, -0.25) is 0 Å². The summed E-state index contributed by atoms with van der Waals surface area (Å²) in [5, 5.41) is 10.2. The van der Waals surface area contributed by atoms with E-state index in [1.54, 1.807) is 12.1 Å². The highest BCUT2D eigenvalue weighted by molar-refractivity contribution is 5.30. The van der Waals surface area contributed by atoms with Gasteiger partial charge in [-0.05, 0) is 35.2 Å². The highest BCUT2D eigenvalue weighted by Crippen LogP contribution is 2.22. The Kier molecular flexibility index (Phi) is 5.28. The van der Waals surface area contributed by atoms with Crippen LogP contribution >= 0.6 is 0 Å². The molecule has 0 saturated heterocycles. The second-order valence-corrected chi connectivity index (χ2v) is 4.84. The molecule has 0 aromatic heterocycles. The molecule has 1 unspecified atom stereocenters. The Morgan fingerprint density at radius 2 is 1.52 bits per heavy atom. The van der Waals surface area contributed by atoms with Crippen LogP contribution in [0.5, 0.6) is 5.75 Å². The van der Waals surface area contributed by atoms with E-state index in [-0.39, 0.29) is 5.75 Å². The molecule has 0 fully saturated rings. The van der Waals surface area contributed by atoms with Crippen molar-refractivity contribution in [3.05, 3.63) is 65.2 Å². The Balaban J connectivity index is 2.00. The standard InChI is InChI=1S/C17H18F2O2/c1-2-12-3-5-13(6-4-12)11-16(20)14-7-9-15(10-8-14)21-17(18)19/h3-10,16-17,20H,2,11H2,1H3. The first-order valence-electron chi connectivity index (χ1n) is 6.89. The molecule has 0 radical (unpaired) electrons. The highest BCUT2D eigenvalue weighted by Gasteiger charge is 2.10. The van der Waals surface area contributed by atoms with Crippen molar-refractivity contribution in [3.63, 3.8) is 0 Å². The third kappa shape index (κ3) is 4.53. The van der Waals surface area contributed by atoms with E-state index in [1.165, 1.54) is 17.7 Å². The summed E-state index contributed by atoms with van der Waals surface area (Å²) in [6.07, 6.45) is 0.797. The second-order valence-electron chi connectivity index (χ2n) is 4.84. The van der Waals surface area contributed by atoms with E-state index in [0.717, 1.165) is 12.0 Å². The fourth-order valence-electron chi connectivity index (χ4n) is 2.12. The Bertz CT molecular complexity index is 550. The molecule has 0 bridgehead atoms. The Morgan fingerprint density at radius 3 is 2.05 bits per heavy atom. The van der Waals surface area contributed by atoms with Crippen molar-refractivity contribution in [1.82, 2.24) is 0 Å². The quantitative estimate of drug-likeness (QED) is 0.867. The zero-order chi connectivity index (χ0) is 15.2. The molecule has 1 N–H and O–H groups in total. The predicted molar refractivity (Wildman–Crippen MR) is 77.6 cm³/mol. The molecule has 2 rings (SSSR count). The molecule has 0 aliphatic heterocycles. The first-order chi connectivity index (χ1) is 10.1. The average Bonchev–Trinajstić information content (AvgIpc) is 2.48. The lowest BCUT2D eigenvalue weighted by Gasteiger charge is -2.12. The lowest BCUT2D eigenvalue weighted by atomic mass is 10.00. The van der Waals surface area contributed by atoms with Crippen LogP contribution in [0.2, 0.25) is 0 Å². The molecule has 4 heteroatoms. The molecule has 0 saturated carbocycles. The maximum atomic E-state index is 12.1. The van der Waals surface area contributed by atoms with E-state index in [4.69, 9.17) is 0 Å². The Morgan fingerprint density at radius 1 is 0.952 bits per heavy atom. The largest absolute Gasteiger partial charge is 0.435 e. The molecule has 21 heavy (non-hydrogen) atoms.